The van der Waals surface area contributed by atoms with Gasteiger partial charge in [-0.05, 0) is 24.6 Å². The van der Waals surface area contributed by atoms with Crippen molar-refractivity contribution in [3.8, 4) is 0 Å². The molecule has 0 amide bonds. The molecule has 0 N–H and O–H groups in total. The van der Waals surface area contributed by atoms with E-state index in [4.69, 9.17) is 11.6 Å². The first kappa shape index (κ1) is 13.1. The van der Waals surface area contributed by atoms with E-state index in [1.807, 2.05) is 0 Å². The topological polar surface area (TPSA) is 86.5 Å². The van der Waals surface area contributed by atoms with Crippen LogP contribution in [-0.2, 0) is 4.74 Å². The largest absolute Gasteiger partial charge is 0.462 e. The van der Waals surface area contributed by atoms with E-state index in [0.29, 0.717) is 0 Å². The van der Waals surface area contributed by atoms with Gasteiger partial charge in [0.2, 0.25) is 0 Å². The number of carbonyl (C=O) groups excluding carboxylic acids is 2. The van der Waals surface area contributed by atoms with Crippen molar-refractivity contribution in [1.29, 1.82) is 0 Å². The molecule has 0 fully saturated rings. The molecule has 0 bridgehead atoms. The summed E-state index contributed by atoms with van der Waals surface area (Å²) in [6.45, 7) is 1.73. The molecule has 1 aromatic rings. The van der Waals surface area contributed by atoms with Crippen molar-refractivity contribution in [2.24, 2.45) is 0 Å². The molecular weight excluding hydrogens is 250 g/mol. The molecule has 0 saturated heterocycles. The lowest BCUT2D eigenvalue weighted by Crippen LogP contribution is -2.07. The Morgan fingerprint density at radius 3 is 2.41 bits per heavy atom. The Labute approximate surface area is 101 Å². The molecule has 0 aliphatic rings. The SMILES string of the molecule is CCOC(=O)c1cc(C(=O)Cl)cc([N+](=O)[O-])c1. The molecule has 1 aromatic carbocycles. The van der Waals surface area contributed by atoms with Crippen molar-refractivity contribution in [3.63, 3.8) is 0 Å². The van der Waals surface area contributed by atoms with Crippen molar-refractivity contribution < 1.29 is 19.2 Å². The lowest BCUT2D eigenvalue weighted by Gasteiger charge is -2.03. The van der Waals surface area contributed by atoms with Gasteiger partial charge in [-0.15, -0.1) is 0 Å². The second kappa shape index (κ2) is 5.40. The fraction of sp³-hybridized carbons (Fsp3) is 0.200. The Morgan fingerprint density at radius 2 is 1.94 bits per heavy atom. The zero-order valence-electron chi connectivity index (χ0n) is 8.81. The number of rotatable bonds is 4. The highest BCUT2D eigenvalue weighted by atomic mass is 35.5. The first-order chi connectivity index (χ1) is 7.95. The van der Waals surface area contributed by atoms with Crippen LogP contribution in [0.4, 0.5) is 5.69 Å². The normalized spacial score (nSPS) is 9.76. The second-order valence-electron chi connectivity index (χ2n) is 3.02. The lowest BCUT2D eigenvalue weighted by molar-refractivity contribution is -0.384. The molecule has 7 heteroatoms. The third-order valence-corrected chi connectivity index (χ3v) is 2.08. The zero-order valence-corrected chi connectivity index (χ0v) is 9.56. The maximum Gasteiger partial charge on any atom is 0.338 e. The van der Waals surface area contributed by atoms with Crippen LogP contribution in [0.1, 0.15) is 27.6 Å². The van der Waals surface area contributed by atoms with Crippen molar-refractivity contribution in [3.05, 3.63) is 39.4 Å². The maximum atomic E-state index is 11.4. The van der Waals surface area contributed by atoms with Gasteiger partial charge in [0, 0.05) is 17.7 Å². The number of esters is 1. The lowest BCUT2D eigenvalue weighted by atomic mass is 10.1. The minimum absolute atomic E-state index is 0.0787. The van der Waals surface area contributed by atoms with Crippen molar-refractivity contribution in [2.75, 3.05) is 6.61 Å². The summed E-state index contributed by atoms with van der Waals surface area (Å²) in [5, 5.41) is 9.73. The Balaban J connectivity index is 3.26. The zero-order chi connectivity index (χ0) is 13.0. The van der Waals surface area contributed by atoms with Gasteiger partial charge in [0.1, 0.15) is 0 Å². The van der Waals surface area contributed by atoms with Gasteiger partial charge in [-0.2, -0.15) is 0 Å². The van der Waals surface area contributed by atoms with Crippen LogP contribution in [0.5, 0.6) is 0 Å². The molecule has 1 rings (SSSR count). The molecule has 0 unspecified atom stereocenters. The number of nitro benzene ring substituents is 1. The molecule has 0 radical (unpaired) electrons. The maximum absolute atomic E-state index is 11.4. The van der Waals surface area contributed by atoms with Crippen LogP contribution in [0.3, 0.4) is 0 Å². The van der Waals surface area contributed by atoms with Gasteiger partial charge in [0.05, 0.1) is 17.1 Å². The van der Waals surface area contributed by atoms with E-state index in [2.05, 4.69) is 4.74 Å². The van der Waals surface area contributed by atoms with Crippen molar-refractivity contribution >= 4 is 28.5 Å². The summed E-state index contributed by atoms with van der Waals surface area (Å²) in [5.74, 6) is -0.740. The highest BCUT2D eigenvalue weighted by molar-refractivity contribution is 6.67. The highest BCUT2D eigenvalue weighted by Gasteiger charge is 2.17. The van der Waals surface area contributed by atoms with Crippen LogP contribution in [0, 0.1) is 10.1 Å². The number of non-ortho nitro benzene ring substituents is 1. The molecule has 0 atom stereocenters. The van der Waals surface area contributed by atoms with Crippen LogP contribution in [-0.4, -0.2) is 22.7 Å². The summed E-state index contributed by atoms with van der Waals surface area (Å²) in [5.41, 5.74) is -0.589. The van der Waals surface area contributed by atoms with E-state index < -0.39 is 16.1 Å². The van der Waals surface area contributed by atoms with E-state index in [0.717, 1.165) is 18.2 Å². The standard InChI is InChI=1S/C10H8ClNO5/c1-2-17-10(14)7-3-6(9(11)13)4-8(5-7)12(15)16/h3-5H,2H2,1H3. The van der Waals surface area contributed by atoms with Crippen LogP contribution in [0.25, 0.3) is 0 Å². The first-order valence-electron chi connectivity index (χ1n) is 4.62. The molecule has 6 nitrogen and oxygen atoms in total. The second-order valence-corrected chi connectivity index (χ2v) is 3.36. The number of hydrogen-bond acceptors (Lipinski definition) is 5. The summed E-state index contributed by atoms with van der Waals surface area (Å²) in [7, 11) is 0. The van der Waals surface area contributed by atoms with Crippen LogP contribution in [0.15, 0.2) is 18.2 Å². The molecule has 0 aromatic heterocycles. The van der Waals surface area contributed by atoms with Crippen LogP contribution in [0.2, 0.25) is 0 Å². The monoisotopic (exact) mass is 257 g/mol. The highest BCUT2D eigenvalue weighted by Crippen LogP contribution is 2.19. The Bertz CT molecular complexity index is 453. The molecular formula is C10H8ClNO5. The van der Waals surface area contributed by atoms with Crippen LogP contribution >= 0.6 is 11.6 Å². The summed E-state index contributed by atoms with van der Waals surface area (Å²) in [6.07, 6.45) is 0. The fourth-order valence-corrected chi connectivity index (χ4v) is 1.27. The smallest absolute Gasteiger partial charge is 0.338 e. The Morgan fingerprint density at radius 1 is 1.35 bits per heavy atom. The van der Waals surface area contributed by atoms with E-state index in [-0.39, 0.29) is 23.4 Å². The van der Waals surface area contributed by atoms with E-state index >= 15 is 0 Å². The number of hydrogen-bond donors (Lipinski definition) is 0. The average molecular weight is 258 g/mol. The van der Waals surface area contributed by atoms with Crippen LogP contribution < -0.4 is 0 Å². The predicted molar refractivity (Wildman–Crippen MR) is 59.2 cm³/mol. The molecule has 0 heterocycles. The quantitative estimate of drug-likeness (QED) is 0.357. The molecule has 90 valence electrons. The number of benzene rings is 1. The fourth-order valence-electron chi connectivity index (χ4n) is 1.16. The Hall–Kier alpha value is -1.95. The number of halogens is 1. The number of nitrogens with zero attached hydrogens (tertiary/aromatic N) is 1. The molecule has 0 spiro atoms. The van der Waals surface area contributed by atoms with Gasteiger partial charge in [0.15, 0.2) is 0 Å². The first-order valence-corrected chi connectivity index (χ1v) is 5.00. The molecule has 0 saturated carbocycles. The van der Waals surface area contributed by atoms with Gasteiger partial charge in [-0.25, -0.2) is 4.79 Å². The number of ether oxygens (including phenoxy) is 1. The van der Waals surface area contributed by atoms with Gasteiger partial charge >= 0.3 is 5.97 Å². The minimum atomic E-state index is -0.876. The third kappa shape index (κ3) is 3.25. The van der Waals surface area contributed by atoms with E-state index in [1.165, 1.54) is 0 Å². The minimum Gasteiger partial charge on any atom is -0.462 e. The van der Waals surface area contributed by atoms with Gasteiger partial charge < -0.3 is 4.74 Å². The van der Waals surface area contributed by atoms with Crippen molar-refractivity contribution in [2.45, 2.75) is 6.92 Å². The predicted octanol–water partition coefficient (Wildman–Crippen LogP) is 2.15. The number of nitro groups is 1. The summed E-state index contributed by atoms with van der Waals surface area (Å²) >= 11 is 5.22. The molecule has 0 aliphatic heterocycles. The average Bonchev–Trinajstić information content (AvgIpc) is 2.28. The Kier molecular flexibility index (Phi) is 4.17. The van der Waals surface area contributed by atoms with Gasteiger partial charge in [-0.3, -0.25) is 14.9 Å². The van der Waals surface area contributed by atoms with Gasteiger partial charge in [-0.1, -0.05) is 0 Å². The van der Waals surface area contributed by atoms with Crippen molar-refractivity contribution in [1.82, 2.24) is 0 Å². The molecule has 0 aliphatic carbocycles. The third-order valence-electron chi connectivity index (χ3n) is 1.87. The number of carbonyl (C=O) groups is 2. The summed E-state index contributed by atoms with van der Waals surface area (Å²) in [6, 6.07) is 3.18. The van der Waals surface area contributed by atoms with E-state index in [1.54, 1.807) is 6.92 Å². The van der Waals surface area contributed by atoms with Gasteiger partial charge in [0.25, 0.3) is 10.9 Å². The molecule has 17 heavy (non-hydrogen) atoms. The summed E-state index contributed by atoms with van der Waals surface area (Å²) < 4.78 is 4.68. The summed E-state index contributed by atoms with van der Waals surface area (Å²) in [4.78, 5) is 32.2. The van der Waals surface area contributed by atoms with E-state index in [9.17, 15) is 19.7 Å².